The number of amides is 1. The van der Waals surface area contributed by atoms with Crippen molar-refractivity contribution in [3.05, 3.63) is 23.0 Å². The Morgan fingerprint density at radius 2 is 2.12 bits per heavy atom. The Bertz CT molecular complexity index is 823. The lowest BCUT2D eigenvalue weighted by Crippen LogP contribution is -2.42. The molecule has 0 aromatic carbocycles. The number of piperidine rings is 1. The third-order valence-electron chi connectivity index (χ3n) is 5.80. The van der Waals surface area contributed by atoms with Crippen molar-refractivity contribution in [1.29, 1.82) is 0 Å². The van der Waals surface area contributed by atoms with E-state index in [2.05, 4.69) is 35.2 Å². The molecule has 1 atom stereocenters. The molecule has 1 N–H and O–H groups in total. The van der Waals surface area contributed by atoms with Gasteiger partial charge in [0.15, 0.2) is 5.65 Å². The summed E-state index contributed by atoms with van der Waals surface area (Å²) in [6.07, 6.45) is 5.36. The highest BCUT2D eigenvalue weighted by Crippen LogP contribution is 2.32. The van der Waals surface area contributed by atoms with Crippen molar-refractivity contribution in [2.45, 2.75) is 52.9 Å². The zero-order chi connectivity index (χ0) is 18.3. The number of likely N-dealkylation sites (tertiary alicyclic amines) is 1. The van der Waals surface area contributed by atoms with Gasteiger partial charge in [-0.05, 0) is 51.9 Å². The van der Waals surface area contributed by atoms with Crippen molar-refractivity contribution >= 4 is 17.4 Å². The largest absolute Gasteiger partial charge is 0.370 e. The molecule has 2 aliphatic rings. The van der Waals surface area contributed by atoms with Gasteiger partial charge in [-0.1, -0.05) is 6.92 Å². The first-order valence-electron chi connectivity index (χ1n) is 9.95. The van der Waals surface area contributed by atoms with Crippen LogP contribution in [0, 0.1) is 25.7 Å². The molecule has 0 bridgehead atoms. The van der Waals surface area contributed by atoms with Crippen LogP contribution in [0.4, 0.5) is 5.82 Å². The first kappa shape index (κ1) is 17.3. The SMILES string of the molecule is CCc1cc(NC[C@@H]2CCCN(C(=O)C3CC3)C2)n2nc(C)c(C)c2n1. The smallest absolute Gasteiger partial charge is 0.225 e. The van der Waals surface area contributed by atoms with Gasteiger partial charge in [0.05, 0.1) is 5.69 Å². The van der Waals surface area contributed by atoms with Gasteiger partial charge < -0.3 is 10.2 Å². The number of fused-ring (bicyclic) bond motifs is 1. The van der Waals surface area contributed by atoms with Crippen molar-refractivity contribution in [2.24, 2.45) is 11.8 Å². The molecule has 6 nitrogen and oxygen atoms in total. The third-order valence-corrected chi connectivity index (χ3v) is 5.80. The minimum absolute atomic E-state index is 0.323. The van der Waals surface area contributed by atoms with Gasteiger partial charge in [0, 0.05) is 42.9 Å². The summed E-state index contributed by atoms with van der Waals surface area (Å²) >= 11 is 0. The van der Waals surface area contributed by atoms with Crippen LogP contribution in [-0.2, 0) is 11.2 Å². The van der Waals surface area contributed by atoms with Crippen molar-refractivity contribution in [3.63, 3.8) is 0 Å². The fourth-order valence-electron chi connectivity index (χ4n) is 3.86. The summed E-state index contributed by atoms with van der Waals surface area (Å²) in [5, 5.41) is 8.25. The second-order valence-corrected chi connectivity index (χ2v) is 7.88. The predicted octanol–water partition coefficient (Wildman–Crippen LogP) is 2.97. The summed E-state index contributed by atoms with van der Waals surface area (Å²) in [6, 6.07) is 2.11. The maximum Gasteiger partial charge on any atom is 0.225 e. The molecular weight excluding hydrogens is 326 g/mol. The topological polar surface area (TPSA) is 62.5 Å². The number of hydrogen-bond donors (Lipinski definition) is 1. The lowest BCUT2D eigenvalue weighted by molar-refractivity contribution is -0.134. The minimum Gasteiger partial charge on any atom is -0.370 e. The quantitative estimate of drug-likeness (QED) is 0.896. The fourth-order valence-corrected chi connectivity index (χ4v) is 3.86. The Morgan fingerprint density at radius 1 is 1.31 bits per heavy atom. The molecule has 26 heavy (non-hydrogen) atoms. The molecule has 1 aliphatic heterocycles. The van der Waals surface area contributed by atoms with Crippen molar-refractivity contribution < 1.29 is 4.79 Å². The highest BCUT2D eigenvalue weighted by atomic mass is 16.2. The number of nitrogens with zero attached hydrogens (tertiary/aromatic N) is 4. The first-order chi connectivity index (χ1) is 12.6. The van der Waals surface area contributed by atoms with Crippen LogP contribution in [-0.4, -0.2) is 45.0 Å². The molecule has 1 amide bonds. The molecule has 4 rings (SSSR count). The van der Waals surface area contributed by atoms with Gasteiger partial charge in [0.1, 0.15) is 5.82 Å². The third kappa shape index (κ3) is 3.29. The zero-order valence-electron chi connectivity index (χ0n) is 16.1. The predicted molar refractivity (Wildman–Crippen MR) is 102 cm³/mol. The monoisotopic (exact) mass is 355 g/mol. The van der Waals surface area contributed by atoms with Gasteiger partial charge in [-0.2, -0.15) is 9.61 Å². The molecule has 1 aliphatic carbocycles. The fraction of sp³-hybridized carbons (Fsp3) is 0.650. The molecule has 1 saturated heterocycles. The molecule has 140 valence electrons. The van der Waals surface area contributed by atoms with Crippen LogP contribution in [0.2, 0.25) is 0 Å². The first-order valence-corrected chi connectivity index (χ1v) is 9.95. The van der Waals surface area contributed by atoms with Crippen LogP contribution in [0.5, 0.6) is 0 Å². The second-order valence-electron chi connectivity index (χ2n) is 7.88. The van der Waals surface area contributed by atoms with Crippen molar-refractivity contribution in [3.8, 4) is 0 Å². The molecular formula is C20H29N5O. The van der Waals surface area contributed by atoms with Crippen LogP contribution in [0.15, 0.2) is 6.07 Å². The van der Waals surface area contributed by atoms with Crippen LogP contribution < -0.4 is 5.32 Å². The van der Waals surface area contributed by atoms with E-state index in [0.717, 1.165) is 73.7 Å². The lowest BCUT2D eigenvalue weighted by Gasteiger charge is -2.33. The van der Waals surface area contributed by atoms with Crippen LogP contribution >= 0.6 is 0 Å². The highest BCUT2D eigenvalue weighted by Gasteiger charge is 2.35. The molecule has 6 heteroatoms. The Morgan fingerprint density at radius 3 is 2.85 bits per heavy atom. The Labute approximate surface area is 155 Å². The molecule has 3 heterocycles. The molecule has 2 aromatic rings. The van der Waals surface area contributed by atoms with Crippen LogP contribution in [0.3, 0.4) is 0 Å². The second kappa shape index (κ2) is 6.89. The van der Waals surface area contributed by atoms with E-state index in [0.29, 0.717) is 17.7 Å². The van der Waals surface area contributed by atoms with Crippen LogP contribution in [0.25, 0.3) is 5.65 Å². The summed E-state index contributed by atoms with van der Waals surface area (Å²) < 4.78 is 1.93. The van der Waals surface area contributed by atoms with E-state index < -0.39 is 0 Å². The van der Waals surface area contributed by atoms with Gasteiger partial charge in [0.2, 0.25) is 5.91 Å². The van der Waals surface area contributed by atoms with Crippen molar-refractivity contribution in [2.75, 3.05) is 25.0 Å². The van der Waals surface area contributed by atoms with E-state index in [1.165, 1.54) is 6.42 Å². The maximum atomic E-state index is 12.4. The molecule has 1 saturated carbocycles. The summed E-state index contributed by atoms with van der Waals surface area (Å²) in [4.78, 5) is 19.2. The van der Waals surface area contributed by atoms with E-state index in [1.54, 1.807) is 0 Å². The van der Waals surface area contributed by atoms with E-state index in [-0.39, 0.29) is 0 Å². The lowest BCUT2D eigenvalue weighted by atomic mass is 9.97. The zero-order valence-corrected chi connectivity index (χ0v) is 16.1. The summed E-state index contributed by atoms with van der Waals surface area (Å²) in [5.41, 5.74) is 4.19. The van der Waals surface area contributed by atoms with Gasteiger partial charge in [0.25, 0.3) is 0 Å². The number of aromatic nitrogens is 3. The number of anilines is 1. The maximum absolute atomic E-state index is 12.4. The number of hydrogen-bond acceptors (Lipinski definition) is 4. The molecule has 2 aromatic heterocycles. The highest BCUT2D eigenvalue weighted by molar-refractivity contribution is 5.81. The summed E-state index contributed by atoms with van der Waals surface area (Å²) in [7, 11) is 0. The molecule has 0 spiro atoms. The van der Waals surface area contributed by atoms with E-state index in [9.17, 15) is 4.79 Å². The number of nitrogens with one attached hydrogen (secondary N) is 1. The van der Waals surface area contributed by atoms with E-state index >= 15 is 0 Å². The van der Waals surface area contributed by atoms with Crippen molar-refractivity contribution in [1.82, 2.24) is 19.5 Å². The Hall–Kier alpha value is -2.11. The average Bonchev–Trinajstić information content (AvgIpc) is 3.47. The molecule has 0 unspecified atom stereocenters. The number of aryl methyl sites for hydroxylation is 3. The van der Waals surface area contributed by atoms with E-state index in [4.69, 9.17) is 4.98 Å². The van der Waals surface area contributed by atoms with Gasteiger partial charge >= 0.3 is 0 Å². The Kier molecular flexibility index (Phi) is 4.59. The number of carbonyl (C=O) groups excluding carboxylic acids is 1. The van der Waals surface area contributed by atoms with Gasteiger partial charge in [-0.15, -0.1) is 0 Å². The number of carbonyl (C=O) groups is 1. The summed E-state index contributed by atoms with van der Waals surface area (Å²) in [5.74, 6) is 2.21. The number of rotatable bonds is 5. The molecule has 0 radical (unpaired) electrons. The van der Waals surface area contributed by atoms with Gasteiger partial charge in [-0.25, -0.2) is 4.98 Å². The Balaban J connectivity index is 1.48. The minimum atomic E-state index is 0.323. The van der Waals surface area contributed by atoms with Crippen LogP contribution in [0.1, 0.15) is 49.6 Å². The normalized spacial score (nSPS) is 20.6. The molecule has 2 fully saturated rings. The van der Waals surface area contributed by atoms with E-state index in [1.807, 2.05) is 11.4 Å². The summed E-state index contributed by atoms with van der Waals surface area (Å²) in [6.45, 7) is 8.92. The average molecular weight is 355 g/mol. The standard InChI is InChI=1S/C20H29N5O/c1-4-17-10-18(25-19(22-17)13(2)14(3)23-25)21-11-15-6-5-9-24(12-15)20(26)16-7-8-16/h10,15-16,21H,4-9,11-12H2,1-3H3/t15-/m0/s1. The van der Waals surface area contributed by atoms with Gasteiger partial charge in [-0.3, -0.25) is 4.79 Å².